The van der Waals surface area contributed by atoms with Gasteiger partial charge in [0.1, 0.15) is 12.4 Å². The van der Waals surface area contributed by atoms with E-state index in [1.165, 1.54) is 12.8 Å². The van der Waals surface area contributed by atoms with Crippen LogP contribution in [0.25, 0.3) is 0 Å². The highest BCUT2D eigenvalue weighted by Crippen LogP contribution is 2.33. The first-order valence-corrected chi connectivity index (χ1v) is 8.53. The van der Waals surface area contributed by atoms with Gasteiger partial charge in [0.15, 0.2) is 0 Å². The van der Waals surface area contributed by atoms with E-state index in [1.807, 2.05) is 0 Å². The van der Waals surface area contributed by atoms with Crippen LogP contribution in [-0.4, -0.2) is 28.1 Å². The molecule has 0 aliphatic heterocycles. The number of hydrogen-bond acceptors (Lipinski definition) is 4. The Labute approximate surface area is 120 Å². The normalized spacial score (nSPS) is 15.2. The van der Waals surface area contributed by atoms with Crippen molar-refractivity contribution < 1.29 is 13.2 Å². The van der Waals surface area contributed by atoms with Gasteiger partial charge >= 0.3 is 0 Å². The van der Waals surface area contributed by atoms with E-state index in [1.54, 1.807) is 24.3 Å². The lowest BCUT2D eigenvalue weighted by molar-refractivity contribution is 0.328. The predicted molar refractivity (Wildman–Crippen MR) is 78.1 cm³/mol. The van der Waals surface area contributed by atoms with E-state index in [4.69, 9.17) is 10.5 Å². The van der Waals surface area contributed by atoms with Crippen LogP contribution in [0.1, 0.15) is 25.7 Å². The highest BCUT2D eigenvalue weighted by Gasteiger charge is 2.20. The van der Waals surface area contributed by atoms with E-state index in [0.717, 1.165) is 18.8 Å². The number of nitrogens with one attached hydrogen (secondary N) is 1. The summed E-state index contributed by atoms with van der Waals surface area (Å²) < 4.78 is 32.0. The number of benzene rings is 1. The molecule has 1 aromatic rings. The molecule has 0 atom stereocenters. The molecule has 0 unspecified atom stereocenters. The number of hydrogen-bond donors (Lipinski definition) is 2. The van der Waals surface area contributed by atoms with Gasteiger partial charge in [0.2, 0.25) is 10.0 Å². The quantitative estimate of drug-likeness (QED) is 0.677. The summed E-state index contributed by atoms with van der Waals surface area (Å²) in [6.07, 6.45) is 4.63. The van der Waals surface area contributed by atoms with E-state index in [0.29, 0.717) is 25.4 Å². The Hall–Kier alpha value is -1.11. The average Bonchev–Trinajstić information content (AvgIpc) is 3.26. The Balaban J connectivity index is 1.83. The van der Waals surface area contributed by atoms with Crippen LogP contribution in [0.4, 0.5) is 0 Å². The first-order valence-electron chi connectivity index (χ1n) is 7.04. The molecule has 0 heterocycles. The summed E-state index contributed by atoms with van der Waals surface area (Å²) in [5.74, 6) is 1.46. The summed E-state index contributed by atoms with van der Waals surface area (Å²) in [4.78, 5) is 0.268. The monoisotopic (exact) mass is 298 g/mol. The zero-order valence-corrected chi connectivity index (χ0v) is 12.4. The lowest BCUT2D eigenvalue weighted by Gasteiger charge is -2.08. The highest BCUT2D eigenvalue weighted by atomic mass is 32.2. The van der Waals surface area contributed by atoms with Crippen molar-refractivity contribution in [3.63, 3.8) is 0 Å². The van der Waals surface area contributed by atoms with Gasteiger partial charge in [0.25, 0.3) is 0 Å². The van der Waals surface area contributed by atoms with Crippen molar-refractivity contribution in [2.45, 2.75) is 30.6 Å². The van der Waals surface area contributed by atoms with Gasteiger partial charge in [-0.15, -0.1) is 0 Å². The van der Waals surface area contributed by atoms with Crippen LogP contribution in [0.15, 0.2) is 29.2 Å². The van der Waals surface area contributed by atoms with Crippen LogP contribution < -0.4 is 15.2 Å². The summed E-state index contributed by atoms with van der Waals surface area (Å²) in [7, 11) is -3.41. The third-order valence-corrected chi connectivity index (χ3v) is 4.78. The summed E-state index contributed by atoms with van der Waals surface area (Å²) >= 11 is 0. The first-order chi connectivity index (χ1) is 9.62. The van der Waals surface area contributed by atoms with E-state index in [-0.39, 0.29) is 4.90 Å². The molecule has 20 heavy (non-hydrogen) atoms. The van der Waals surface area contributed by atoms with Crippen molar-refractivity contribution in [3.05, 3.63) is 24.3 Å². The Morgan fingerprint density at radius 3 is 2.55 bits per heavy atom. The third-order valence-electron chi connectivity index (χ3n) is 3.30. The molecular weight excluding hydrogens is 276 g/mol. The number of sulfonamides is 1. The molecule has 0 radical (unpaired) electrons. The number of nitrogens with two attached hydrogens (primary N) is 1. The molecule has 6 heteroatoms. The molecule has 112 valence electrons. The van der Waals surface area contributed by atoms with Gasteiger partial charge in [0, 0.05) is 13.1 Å². The largest absolute Gasteiger partial charge is 0.492 e. The fourth-order valence-electron chi connectivity index (χ4n) is 1.98. The lowest BCUT2D eigenvalue weighted by Crippen LogP contribution is -2.24. The average molecular weight is 298 g/mol. The topological polar surface area (TPSA) is 81.4 Å². The molecule has 1 saturated carbocycles. The molecule has 0 saturated heterocycles. The van der Waals surface area contributed by atoms with Crippen LogP contribution in [0.3, 0.4) is 0 Å². The molecule has 0 amide bonds. The van der Waals surface area contributed by atoms with Crippen molar-refractivity contribution in [2.24, 2.45) is 11.7 Å². The Kier molecular flexibility index (Phi) is 5.39. The summed E-state index contributed by atoms with van der Waals surface area (Å²) in [5, 5.41) is 0. The minimum Gasteiger partial charge on any atom is -0.492 e. The Morgan fingerprint density at radius 2 is 1.95 bits per heavy atom. The second-order valence-corrected chi connectivity index (χ2v) is 6.86. The first kappa shape index (κ1) is 15.3. The lowest BCUT2D eigenvalue weighted by atomic mass is 10.2. The molecule has 5 nitrogen and oxygen atoms in total. The van der Waals surface area contributed by atoms with Gasteiger partial charge < -0.3 is 10.5 Å². The summed E-state index contributed by atoms with van der Waals surface area (Å²) in [5.41, 5.74) is 5.34. The minimum atomic E-state index is -3.41. The van der Waals surface area contributed by atoms with Gasteiger partial charge in [0.05, 0.1) is 4.90 Å². The second kappa shape index (κ2) is 7.06. The smallest absolute Gasteiger partial charge is 0.240 e. The van der Waals surface area contributed by atoms with Gasteiger partial charge in [-0.1, -0.05) is 12.8 Å². The van der Waals surface area contributed by atoms with E-state index in [2.05, 4.69) is 4.72 Å². The molecule has 3 N–H and O–H groups in total. The predicted octanol–water partition coefficient (Wildman–Crippen LogP) is 1.49. The van der Waals surface area contributed by atoms with Gasteiger partial charge in [-0.05, 0) is 43.0 Å². The molecule has 1 aromatic carbocycles. The molecular formula is C14H22N2O3S. The van der Waals surface area contributed by atoms with Gasteiger partial charge in [-0.2, -0.15) is 0 Å². The molecule has 2 rings (SSSR count). The summed E-state index contributed by atoms with van der Waals surface area (Å²) in [6, 6.07) is 6.40. The van der Waals surface area contributed by atoms with Crippen molar-refractivity contribution in [1.29, 1.82) is 0 Å². The van der Waals surface area contributed by atoms with Crippen molar-refractivity contribution >= 4 is 10.0 Å². The van der Waals surface area contributed by atoms with Crippen molar-refractivity contribution in [1.82, 2.24) is 4.72 Å². The molecule has 0 aromatic heterocycles. The van der Waals surface area contributed by atoms with Crippen molar-refractivity contribution in [3.8, 4) is 5.75 Å². The number of ether oxygens (including phenoxy) is 1. The maximum atomic E-state index is 12.0. The van der Waals surface area contributed by atoms with E-state index in [9.17, 15) is 8.42 Å². The minimum absolute atomic E-state index is 0.268. The molecule has 1 aliphatic carbocycles. The maximum absolute atomic E-state index is 12.0. The van der Waals surface area contributed by atoms with Crippen LogP contribution >= 0.6 is 0 Å². The molecule has 0 bridgehead atoms. The fraction of sp³-hybridized carbons (Fsp3) is 0.571. The van der Waals surface area contributed by atoms with E-state index < -0.39 is 10.0 Å². The standard InChI is InChI=1S/C14H22N2O3S/c15-9-11-19-13-5-7-14(8-6-13)20(17,18)16-10-1-2-12-3-4-12/h5-8,12,16H,1-4,9-11,15H2. The summed E-state index contributed by atoms with van der Waals surface area (Å²) in [6.45, 7) is 1.36. The van der Waals surface area contributed by atoms with Gasteiger partial charge in [-0.25, -0.2) is 13.1 Å². The zero-order chi connectivity index (χ0) is 14.4. The zero-order valence-electron chi connectivity index (χ0n) is 11.5. The van der Waals surface area contributed by atoms with Crippen LogP contribution in [-0.2, 0) is 10.0 Å². The maximum Gasteiger partial charge on any atom is 0.240 e. The Morgan fingerprint density at radius 1 is 1.25 bits per heavy atom. The second-order valence-electron chi connectivity index (χ2n) is 5.09. The van der Waals surface area contributed by atoms with Crippen LogP contribution in [0.5, 0.6) is 5.75 Å². The highest BCUT2D eigenvalue weighted by molar-refractivity contribution is 7.89. The SMILES string of the molecule is NCCOc1ccc(S(=O)(=O)NCCCC2CC2)cc1. The molecule has 0 spiro atoms. The van der Waals surface area contributed by atoms with Crippen molar-refractivity contribution in [2.75, 3.05) is 19.7 Å². The fourth-order valence-corrected chi connectivity index (χ4v) is 3.05. The van der Waals surface area contributed by atoms with Crippen LogP contribution in [0.2, 0.25) is 0 Å². The van der Waals surface area contributed by atoms with Gasteiger partial charge in [-0.3, -0.25) is 0 Å². The molecule has 1 aliphatic rings. The molecule has 1 fully saturated rings. The van der Waals surface area contributed by atoms with Crippen LogP contribution in [0, 0.1) is 5.92 Å². The number of rotatable bonds is 9. The Bertz CT molecular complexity index is 510. The third kappa shape index (κ3) is 4.77. The van der Waals surface area contributed by atoms with E-state index >= 15 is 0 Å².